The van der Waals surface area contributed by atoms with Crippen LogP contribution >= 0.6 is 11.8 Å². The van der Waals surface area contributed by atoms with E-state index in [-0.39, 0.29) is 115 Å². The number of unbranched alkanes of at least 4 members (excludes halogenated alkanes) is 1. The molecule has 0 heterocycles. The molecule has 1 aromatic carbocycles. The van der Waals surface area contributed by atoms with E-state index >= 15 is 0 Å². The normalized spacial score (nSPS) is 14.3. The summed E-state index contributed by atoms with van der Waals surface area (Å²) in [6.07, 6.45) is 10.4. The molecule has 0 spiro atoms. The summed E-state index contributed by atoms with van der Waals surface area (Å²) in [5.41, 5.74) is 0.0594. The number of ether oxygens (including phenoxy) is 1. The Morgan fingerprint density at radius 2 is 1.31 bits per heavy atom. The molecule has 1 fully saturated rings. The van der Waals surface area contributed by atoms with Crippen LogP contribution in [0.25, 0.3) is 0 Å². The Labute approximate surface area is 390 Å². The zero-order valence-electron chi connectivity index (χ0n) is 39.2. The van der Waals surface area contributed by atoms with Gasteiger partial charge >= 0.3 is 31.5 Å². The number of benzene rings is 1. The standard InChI is InChI=1S/C40H63N3O10S.C5H10.2CH3.Ru/c1-25(2)21-26(3)34(46)24-30(22-28-13-15-31(45)16-14-28)37(49)42-32(17-12-27(4)44)35(47)23-29(18-20-54-8)36(48)43-33(38(50)51)11-9-10-19-41-39(52)53-40(5,6)7;1-2-4-5-3-1;;;/h13-16,25-26,29-30,32-33,45H,9-12,17-24H2,1-8H3,(H,41,52)(H,42,49)(H,43,48)(H,50,51);1-5H2;2*1H3;/q;;2*-1;+3/t26-,29+,30+,32-,33-;;;;/m0..../s1. The molecule has 1 aliphatic carbocycles. The number of alkyl carbamates (subject to hydrolysis) is 1. The molecule has 15 heteroatoms. The van der Waals surface area contributed by atoms with Gasteiger partial charge in [0, 0.05) is 43.6 Å². The molecular weight excluding hydrogens is 900 g/mol. The van der Waals surface area contributed by atoms with E-state index in [1.807, 2.05) is 27.0 Å². The van der Waals surface area contributed by atoms with Crippen molar-refractivity contribution in [1.82, 2.24) is 16.0 Å². The van der Waals surface area contributed by atoms with Crippen molar-refractivity contribution in [3.8, 4) is 5.75 Å². The Bertz CT molecular complexity index is 1470. The van der Waals surface area contributed by atoms with Crippen molar-refractivity contribution in [3.63, 3.8) is 0 Å². The van der Waals surface area contributed by atoms with Gasteiger partial charge in [0.1, 0.15) is 29.0 Å². The Balaban J connectivity index is -0.00000403. The number of ketones is 3. The number of carbonyl (C=O) groups excluding carboxylic acids is 6. The van der Waals surface area contributed by atoms with Gasteiger partial charge in [-0.1, -0.05) is 65.0 Å². The van der Waals surface area contributed by atoms with Crippen molar-refractivity contribution < 1.29 is 68.0 Å². The summed E-state index contributed by atoms with van der Waals surface area (Å²) < 4.78 is 5.19. The molecule has 1 aromatic rings. The summed E-state index contributed by atoms with van der Waals surface area (Å²) in [7, 11) is 0. The van der Waals surface area contributed by atoms with Crippen molar-refractivity contribution >= 4 is 53.0 Å². The number of phenolic OH excluding ortho intramolecular Hbond substituents is 1. The minimum Gasteiger partial charge on any atom is -0.508 e. The van der Waals surface area contributed by atoms with Crippen molar-refractivity contribution in [3.05, 3.63) is 44.7 Å². The van der Waals surface area contributed by atoms with Crippen LogP contribution in [0.2, 0.25) is 0 Å². The molecule has 13 nitrogen and oxygen atoms in total. The molecule has 5 N–H and O–H groups in total. The molecule has 1 aliphatic rings. The fourth-order valence-electron chi connectivity index (χ4n) is 6.79. The van der Waals surface area contributed by atoms with Gasteiger partial charge in [-0.3, -0.25) is 19.2 Å². The summed E-state index contributed by atoms with van der Waals surface area (Å²) in [5.74, 6) is -4.32. The molecule has 1 radical (unpaired) electrons. The van der Waals surface area contributed by atoms with Crippen LogP contribution in [-0.4, -0.2) is 87.7 Å². The molecule has 355 valence electrons. The zero-order valence-corrected chi connectivity index (χ0v) is 41.8. The minimum atomic E-state index is -1.23. The molecule has 0 unspecified atom stereocenters. The summed E-state index contributed by atoms with van der Waals surface area (Å²) in [6, 6.07) is 3.96. The van der Waals surface area contributed by atoms with E-state index in [1.165, 1.54) is 62.9 Å². The maximum atomic E-state index is 13.9. The first-order chi connectivity index (χ1) is 27.7. The number of carboxylic acids is 1. The fraction of sp³-hybridized carbons (Fsp3) is 0.681. The third-order valence-corrected chi connectivity index (χ3v) is 10.7. The second-order valence-electron chi connectivity index (χ2n) is 17.3. The maximum absolute atomic E-state index is 13.9. The Morgan fingerprint density at radius 1 is 0.774 bits per heavy atom. The van der Waals surface area contributed by atoms with Gasteiger partial charge < -0.3 is 50.5 Å². The summed E-state index contributed by atoms with van der Waals surface area (Å²) >= 11 is 1.46. The van der Waals surface area contributed by atoms with Crippen LogP contribution in [0.1, 0.15) is 144 Å². The third kappa shape index (κ3) is 29.1. The molecule has 2 rings (SSSR count). The van der Waals surface area contributed by atoms with Gasteiger partial charge in [-0.2, -0.15) is 11.8 Å². The zero-order chi connectivity index (χ0) is 44.5. The number of hydrogen-bond acceptors (Lipinski definition) is 10. The van der Waals surface area contributed by atoms with Crippen LogP contribution in [-0.2, 0) is 59.4 Å². The number of thioether (sulfide) groups is 1. The number of nitrogens with one attached hydrogen (secondary N) is 3. The average Bonchev–Trinajstić information content (AvgIpc) is 3.74. The van der Waals surface area contributed by atoms with Crippen LogP contribution in [0, 0.1) is 38.5 Å². The van der Waals surface area contributed by atoms with Crippen LogP contribution in [0.5, 0.6) is 5.75 Å². The van der Waals surface area contributed by atoms with E-state index in [2.05, 4.69) is 16.0 Å². The van der Waals surface area contributed by atoms with E-state index in [1.54, 1.807) is 32.9 Å². The number of Topliss-reactive ketones (excluding diaryl/α,β-unsaturated/α-hetero) is 3. The van der Waals surface area contributed by atoms with Crippen molar-refractivity contribution in [1.29, 1.82) is 0 Å². The molecule has 62 heavy (non-hydrogen) atoms. The van der Waals surface area contributed by atoms with E-state index < -0.39 is 59.2 Å². The first kappa shape index (κ1) is 63.0. The summed E-state index contributed by atoms with van der Waals surface area (Å²) in [4.78, 5) is 90.5. The van der Waals surface area contributed by atoms with Crippen LogP contribution in [0.4, 0.5) is 4.79 Å². The molecule has 0 saturated heterocycles. The predicted molar refractivity (Wildman–Crippen MR) is 245 cm³/mol. The smallest absolute Gasteiger partial charge is 0.508 e. The number of carboxylic acid groups (broad SMARTS) is 1. The topological polar surface area (TPSA) is 205 Å². The van der Waals surface area contributed by atoms with Gasteiger partial charge in [0.05, 0.1) is 6.04 Å². The second-order valence-corrected chi connectivity index (χ2v) is 18.3. The number of phenols is 1. The van der Waals surface area contributed by atoms with Gasteiger partial charge in [0.25, 0.3) is 0 Å². The number of carbonyl (C=O) groups is 7. The molecule has 3 amide bonds. The second kappa shape index (κ2) is 34.1. The quantitative estimate of drug-likeness (QED) is 0.0338. The first-order valence-corrected chi connectivity index (χ1v) is 22.7. The van der Waals surface area contributed by atoms with Crippen molar-refractivity contribution in [2.75, 3.05) is 18.6 Å². The first-order valence-electron chi connectivity index (χ1n) is 21.3. The van der Waals surface area contributed by atoms with Crippen LogP contribution in [0.15, 0.2) is 24.3 Å². The summed E-state index contributed by atoms with van der Waals surface area (Å²) in [6.45, 7) is 12.7. The third-order valence-electron chi connectivity index (χ3n) is 10.0. The fourth-order valence-corrected chi connectivity index (χ4v) is 7.31. The predicted octanol–water partition coefficient (Wildman–Crippen LogP) is 8.49. The summed E-state index contributed by atoms with van der Waals surface area (Å²) in [5, 5.41) is 27.6. The largest absolute Gasteiger partial charge is 3.00 e. The number of hydrogen-bond donors (Lipinski definition) is 5. The minimum absolute atomic E-state index is 0. The average molecular weight is 979 g/mol. The van der Waals surface area contributed by atoms with E-state index in [9.17, 15) is 43.8 Å². The number of amides is 3. The van der Waals surface area contributed by atoms with Crippen molar-refractivity contribution in [2.24, 2.45) is 23.7 Å². The van der Waals surface area contributed by atoms with Crippen LogP contribution in [0.3, 0.4) is 0 Å². The number of rotatable bonds is 26. The Hall–Kier alpha value is -3.32. The van der Waals surface area contributed by atoms with Gasteiger partial charge in [0.15, 0.2) is 5.78 Å². The van der Waals surface area contributed by atoms with Gasteiger partial charge in [-0.25, -0.2) is 9.59 Å². The molecule has 0 bridgehead atoms. The molecule has 5 atom stereocenters. The maximum Gasteiger partial charge on any atom is 3.00 e. The Morgan fingerprint density at radius 3 is 1.81 bits per heavy atom. The molecular formula is C47H79N3O10RuS+. The number of aromatic hydroxyl groups is 1. The van der Waals surface area contributed by atoms with Crippen LogP contribution < -0.4 is 16.0 Å². The van der Waals surface area contributed by atoms with E-state index in [0.29, 0.717) is 30.6 Å². The van der Waals surface area contributed by atoms with Gasteiger partial charge in [-0.15, -0.1) is 0 Å². The SMILES string of the molecule is C1CCCC1.CSCC[C@H](CC(=O)[C@H](CCC(C)=O)NC(=O)[C@@H](CC(=O)[C@@H](C)CC(C)C)Cc1ccc(O)cc1)C(=O)N[C@@H](CCCCNC(=O)OC(C)(C)C)C(=O)O.[CH3-].[CH3-].[Ru+3]. The van der Waals surface area contributed by atoms with E-state index in [0.717, 1.165) is 0 Å². The monoisotopic (exact) mass is 979 g/mol. The van der Waals surface area contributed by atoms with Crippen molar-refractivity contribution in [2.45, 2.75) is 162 Å². The van der Waals surface area contributed by atoms with Gasteiger partial charge in [-0.05, 0) is 108 Å². The van der Waals surface area contributed by atoms with Gasteiger partial charge in [0.2, 0.25) is 11.8 Å². The van der Waals surface area contributed by atoms with E-state index in [4.69, 9.17) is 4.74 Å². The Kier molecular flexibility index (Phi) is 34.7. The number of aliphatic carboxylic acids is 1. The molecule has 0 aliphatic heterocycles. The molecule has 1 saturated carbocycles. The molecule has 0 aromatic heterocycles.